The smallest absolute Gasteiger partial charge is 0.0601 e. The highest BCUT2D eigenvalue weighted by Gasteiger charge is 2.28. The summed E-state index contributed by atoms with van der Waals surface area (Å²) in [7, 11) is 2.08. The molecule has 0 spiro atoms. The lowest BCUT2D eigenvalue weighted by Gasteiger charge is -2.32. The fourth-order valence-corrected chi connectivity index (χ4v) is 5.00. The van der Waals surface area contributed by atoms with Gasteiger partial charge in [-0.05, 0) is 42.5 Å². The zero-order valence-corrected chi connectivity index (χ0v) is 12.1. The molecule has 0 saturated carbocycles. The van der Waals surface area contributed by atoms with E-state index < -0.39 is 0 Å². The molecule has 1 aliphatic carbocycles. The highest BCUT2D eigenvalue weighted by Crippen LogP contribution is 2.41. The van der Waals surface area contributed by atoms with Crippen molar-refractivity contribution in [1.29, 1.82) is 0 Å². The van der Waals surface area contributed by atoms with Crippen molar-refractivity contribution >= 4 is 23.1 Å². The number of benzene rings is 1. The van der Waals surface area contributed by atoms with Crippen molar-refractivity contribution in [2.75, 3.05) is 7.05 Å². The SMILES string of the molecule is CNC1c2ccccc2CCC1Sc1cccs1. The Balaban J connectivity index is 1.85. The minimum absolute atomic E-state index is 0.474. The molecule has 0 amide bonds. The second kappa shape index (κ2) is 5.47. The molecule has 0 bridgehead atoms. The molecule has 2 aromatic rings. The summed E-state index contributed by atoms with van der Waals surface area (Å²) in [5.74, 6) is 0. The first-order valence-corrected chi connectivity index (χ1v) is 8.09. The summed E-state index contributed by atoms with van der Waals surface area (Å²) in [6.45, 7) is 0. The number of fused-ring (bicyclic) bond motifs is 1. The van der Waals surface area contributed by atoms with Crippen LogP contribution in [-0.2, 0) is 6.42 Å². The Kier molecular flexibility index (Phi) is 3.73. The summed E-state index contributed by atoms with van der Waals surface area (Å²) >= 11 is 3.87. The fraction of sp³-hybridized carbons (Fsp3) is 0.333. The van der Waals surface area contributed by atoms with E-state index in [-0.39, 0.29) is 0 Å². The number of hydrogen-bond donors (Lipinski definition) is 1. The molecule has 0 aliphatic heterocycles. The third kappa shape index (κ3) is 2.35. The van der Waals surface area contributed by atoms with E-state index in [0.717, 1.165) is 0 Å². The highest BCUT2D eigenvalue weighted by atomic mass is 32.2. The van der Waals surface area contributed by atoms with Gasteiger partial charge in [0.25, 0.3) is 0 Å². The third-order valence-corrected chi connectivity index (χ3v) is 5.95. The zero-order valence-electron chi connectivity index (χ0n) is 10.4. The molecule has 1 N–H and O–H groups in total. The van der Waals surface area contributed by atoms with Gasteiger partial charge in [-0.15, -0.1) is 23.1 Å². The van der Waals surface area contributed by atoms with E-state index in [1.807, 2.05) is 23.1 Å². The summed E-state index contributed by atoms with van der Waals surface area (Å²) in [5.41, 5.74) is 3.00. The highest BCUT2D eigenvalue weighted by molar-refractivity contribution is 8.01. The molecule has 18 heavy (non-hydrogen) atoms. The molecule has 2 unspecified atom stereocenters. The maximum atomic E-state index is 3.51. The molecule has 1 aliphatic rings. The molecule has 1 heterocycles. The van der Waals surface area contributed by atoms with Crippen LogP contribution in [0.25, 0.3) is 0 Å². The lowest BCUT2D eigenvalue weighted by Crippen LogP contribution is -2.31. The van der Waals surface area contributed by atoms with Gasteiger partial charge in [-0.2, -0.15) is 0 Å². The van der Waals surface area contributed by atoms with E-state index >= 15 is 0 Å². The molecule has 0 fully saturated rings. The van der Waals surface area contributed by atoms with Crippen LogP contribution in [0.5, 0.6) is 0 Å². The predicted octanol–water partition coefficient (Wildman–Crippen LogP) is 4.12. The summed E-state index contributed by atoms with van der Waals surface area (Å²) < 4.78 is 1.43. The maximum Gasteiger partial charge on any atom is 0.0601 e. The van der Waals surface area contributed by atoms with Crippen LogP contribution in [0.2, 0.25) is 0 Å². The van der Waals surface area contributed by atoms with E-state index in [1.54, 1.807) is 0 Å². The molecule has 3 rings (SSSR count). The third-order valence-electron chi connectivity index (χ3n) is 3.53. The van der Waals surface area contributed by atoms with E-state index in [9.17, 15) is 0 Å². The first kappa shape index (κ1) is 12.3. The van der Waals surface area contributed by atoms with Crippen molar-refractivity contribution < 1.29 is 0 Å². The quantitative estimate of drug-likeness (QED) is 0.904. The maximum absolute atomic E-state index is 3.51. The number of nitrogens with one attached hydrogen (secondary N) is 1. The second-order valence-electron chi connectivity index (χ2n) is 4.59. The van der Waals surface area contributed by atoms with Crippen LogP contribution >= 0.6 is 23.1 Å². The monoisotopic (exact) mass is 275 g/mol. The van der Waals surface area contributed by atoms with Crippen LogP contribution in [0, 0.1) is 0 Å². The largest absolute Gasteiger partial charge is 0.312 e. The Hall–Kier alpha value is -0.770. The van der Waals surface area contributed by atoms with Crippen molar-refractivity contribution in [2.45, 2.75) is 28.3 Å². The van der Waals surface area contributed by atoms with Gasteiger partial charge in [0, 0.05) is 11.3 Å². The van der Waals surface area contributed by atoms with Crippen molar-refractivity contribution in [1.82, 2.24) is 5.32 Å². The molecule has 1 aromatic heterocycles. The van der Waals surface area contributed by atoms with Crippen molar-refractivity contribution in [3.05, 3.63) is 52.9 Å². The normalized spacial score (nSPS) is 22.7. The average Bonchev–Trinajstić information content (AvgIpc) is 2.91. The molecule has 1 aromatic carbocycles. The van der Waals surface area contributed by atoms with Crippen molar-refractivity contribution in [3.63, 3.8) is 0 Å². The van der Waals surface area contributed by atoms with Crippen LogP contribution < -0.4 is 5.32 Å². The van der Waals surface area contributed by atoms with Gasteiger partial charge in [-0.3, -0.25) is 0 Å². The minimum Gasteiger partial charge on any atom is -0.312 e. The molecular formula is C15H17NS2. The number of hydrogen-bond acceptors (Lipinski definition) is 3. The van der Waals surface area contributed by atoms with Crippen LogP contribution in [0.15, 0.2) is 46.0 Å². The Bertz CT molecular complexity index is 507. The van der Waals surface area contributed by atoms with E-state index in [1.165, 1.54) is 28.2 Å². The Morgan fingerprint density at radius 2 is 2.11 bits per heavy atom. The predicted molar refractivity (Wildman–Crippen MR) is 80.5 cm³/mol. The van der Waals surface area contributed by atoms with E-state index in [2.05, 4.69) is 54.1 Å². The summed E-state index contributed by atoms with van der Waals surface area (Å²) in [5, 5.41) is 6.31. The molecule has 1 nitrogen and oxygen atoms in total. The van der Waals surface area contributed by atoms with Crippen molar-refractivity contribution in [3.8, 4) is 0 Å². The lowest BCUT2D eigenvalue weighted by atomic mass is 9.87. The molecule has 94 valence electrons. The minimum atomic E-state index is 0.474. The topological polar surface area (TPSA) is 12.0 Å². The van der Waals surface area contributed by atoms with Gasteiger partial charge in [0.2, 0.25) is 0 Å². The Labute approximate surface area is 117 Å². The van der Waals surface area contributed by atoms with Crippen molar-refractivity contribution in [2.24, 2.45) is 0 Å². The molecule has 3 heteroatoms. The van der Waals surface area contributed by atoms with Gasteiger partial charge >= 0.3 is 0 Å². The Morgan fingerprint density at radius 1 is 1.22 bits per heavy atom. The van der Waals surface area contributed by atoms with E-state index in [4.69, 9.17) is 0 Å². The lowest BCUT2D eigenvalue weighted by molar-refractivity contribution is 0.511. The molecule has 0 radical (unpaired) electrons. The van der Waals surface area contributed by atoms with Crippen LogP contribution in [0.1, 0.15) is 23.6 Å². The van der Waals surface area contributed by atoms with Gasteiger partial charge in [0.1, 0.15) is 0 Å². The Morgan fingerprint density at radius 3 is 2.89 bits per heavy atom. The molecule has 2 atom stereocenters. The first-order chi connectivity index (χ1) is 8.88. The van der Waals surface area contributed by atoms with Gasteiger partial charge in [-0.1, -0.05) is 30.3 Å². The second-order valence-corrected chi connectivity index (χ2v) is 7.08. The standard InChI is InChI=1S/C15H17NS2/c1-16-15-12-6-3-2-5-11(12)8-9-13(15)18-14-7-4-10-17-14/h2-7,10,13,15-16H,8-9H2,1H3. The number of aryl methyl sites for hydroxylation is 1. The van der Waals surface area contributed by atoms with Gasteiger partial charge in [-0.25, -0.2) is 0 Å². The fourth-order valence-electron chi connectivity index (χ4n) is 2.68. The summed E-state index contributed by atoms with van der Waals surface area (Å²) in [4.78, 5) is 0. The van der Waals surface area contributed by atoms with E-state index in [0.29, 0.717) is 11.3 Å². The van der Waals surface area contributed by atoms with Crippen LogP contribution in [-0.4, -0.2) is 12.3 Å². The number of rotatable bonds is 3. The number of thioether (sulfide) groups is 1. The van der Waals surface area contributed by atoms with Crippen LogP contribution in [0.4, 0.5) is 0 Å². The summed E-state index contributed by atoms with van der Waals surface area (Å²) in [6, 6.07) is 13.7. The van der Waals surface area contributed by atoms with Crippen LogP contribution in [0.3, 0.4) is 0 Å². The van der Waals surface area contributed by atoms with Gasteiger partial charge in [0.05, 0.1) is 4.21 Å². The summed E-state index contributed by atoms with van der Waals surface area (Å²) in [6.07, 6.45) is 2.46. The average molecular weight is 275 g/mol. The van der Waals surface area contributed by atoms with Gasteiger partial charge < -0.3 is 5.32 Å². The molecule has 0 saturated heterocycles. The van der Waals surface area contributed by atoms with Gasteiger partial charge in [0.15, 0.2) is 0 Å². The number of thiophene rings is 1. The molecular weight excluding hydrogens is 258 g/mol. The zero-order chi connectivity index (χ0) is 12.4. The first-order valence-electron chi connectivity index (χ1n) is 6.33.